The molecular weight excluding hydrogens is 466 g/mol. The molecule has 0 atom stereocenters. The zero-order valence-electron chi connectivity index (χ0n) is 20.4. The number of rotatable bonds is 7. The fourth-order valence-electron chi connectivity index (χ4n) is 3.81. The third kappa shape index (κ3) is 4.36. The van der Waals surface area contributed by atoms with E-state index >= 15 is 0 Å². The fraction of sp³-hybridized carbons (Fsp3) is 0.192. The number of nitrogens with one attached hydrogen (secondary N) is 1. The molecule has 1 heterocycles. The van der Waals surface area contributed by atoms with Crippen LogP contribution in [0.3, 0.4) is 0 Å². The summed E-state index contributed by atoms with van der Waals surface area (Å²) in [5.41, 5.74) is -0.0596. The Morgan fingerprint density at radius 1 is 0.722 bits per heavy atom. The van der Waals surface area contributed by atoms with Gasteiger partial charge in [-0.15, -0.1) is 0 Å². The van der Waals surface area contributed by atoms with E-state index in [2.05, 4.69) is 5.32 Å². The van der Waals surface area contributed by atoms with Crippen LogP contribution in [0.25, 0.3) is 11.0 Å². The maximum atomic E-state index is 13.4. The molecule has 0 radical (unpaired) electrons. The van der Waals surface area contributed by atoms with Crippen LogP contribution in [-0.4, -0.2) is 36.4 Å². The summed E-state index contributed by atoms with van der Waals surface area (Å²) in [6.45, 7) is 0. The molecule has 0 aliphatic heterocycles. The van der Waals surface area contributed by atoms with E-state index in [0.717, 1.165) is 0 Å². The monoisotopic (exact) mass is 491 g/mol. The molecule has 0 spiro atoms. The molecule has 1 amide bonds. The summed E-state index contributed by atoms with van der Waals surface area (Å²) in [6, 6.07) is 15.0. The molecule has 1 N–H and O–H groups in total. The summed E-state index contributed by atoms with van der Waals surface area (Å²) in [5, 5.41) is 2.84. The fourth-order valence-corrected chi connectivity index (χ4v) is 3.81. The second-order valence-electron chi connectivity index (χ2n) is 7.83. The van der Waals surface area contributed by atoms with Crippen molar-refractivity contribution >= 4 is 22.6 Å². The quantitative estimate of drug-likeness (QED) is 0.395. The second kappa shape index (κ2) is 9.87. The Labute approximate surface area is 206 Å². The number of fused-ring (bicyclic) bond motifs is 1. The van der Waals surface area contributed by atoms with E-state index in [0.29, 0.717) is 34.0 Å². The minimum absolute atomic E-state index is 0.187. The molecule has 0 bridgehead atoms. The number of carbonyl (C=O) groups excluding carboxylic acids is 1. The lowest BCUT2D eigenvalue weighted by Gasteiger charge is -2.18. The summed E-state index contributed by atoms with van der Waals surface area (Å²) < 4.78 is 24.5. The van der Waals surface area contributed by atoms with Crippen molar-refractivity contribution in [3.63, 3.8) is 0 Å². The molecule has 0 saturated heterocycles. The first kappa shape index (κ1) is 24.4. The van der Waals surface area contributed by atoms with Crippen LogP contribution in [0.4, 0.5) is 5.69 Å². The number of hydrogen-bond acceptors (Lipinski definition) is 7. The summed E-state index contributed by atoms with van der Waals surface area (Å²) >= 11 is 0. The third-order valence-electron chi connectivity index (χ3n) is 5.78. The van der Waals surface area contributed by atoms with Crippen LogP contribution < -0.4 is 35.4 Å². The lowest BCUT2D eigenvalue weighted by atomic mass is 10.1. The highest BCUT2D eigenvalue weighted by Gasteiger charge is 2.21. The number of hydrogen-bond donors (Lipinski definition) is 1. The predicted molar refractivity (Wildman–Crippen MR) is 135 cm³/mol. The Balaban J connectivity index is 1.88. The van der Waals surface area contributed by atoms with Crippen molar-refractivity contribution in [2.24, 2.45) is 14.1 Å². The van der Waals surface area contributed by atoms with E-state index in [1.807, 2.05) is 0 Å². The van der Waals surface area contributed by atoms with Crippen LogP contribution >= 0.6 is 0 Å². The first-order valence-electron chi connectivity index (χ1n) is 10.9. The first-order valence-corrected chi connectivity index (χ1v) is 10.9. The van der Waals surface area contributed by atoms with Crippen molar-refractivity contribution in [3.05, 3.63) is 80.9 Å². The predicted octanol–water partition coefficient (Wildman–Crippen LogP) is 3.31. The first-order chi connectivity index (χ1) is 17.3. The highest BCUT2D eigenvalue weighted by Crippen LogP contribution is 2.36. The van der Waals surface area contributed by atoms with Crippen molar-refractivity contribution in [1.82, 2.24) is 9.13 Å². The van der Waals surface area contributed by atoms with Gasteiger partial charge in [0, 0.05) is 20.2 Å². The molecule has 4 rings (SSSR count). The maximum absolute atomic E-state index is 13.4. The molecule has 0 saturated carbocycles. The summed E-state index contributed by atoms with van der Waals surface area (Å²) in [7, 11) is 7.46. The number of aromatic nitrogens is 2. The number of carbonyl (C=O) groups is 1. The molecule has 4 aromatic rings. The van der Waals surface area contributed by atoms with Crippen LogP contribution in [0.15, 0.2) is 64.2 Å². The Bertz CT molecular complexity index is 1550. The van der Waals surface area contributed by atoms with Gasteiger partial charge in [-0.1, -0.05) is 6.07 Å². The van der Waals surface area contributed by atoms with Gasteiger partial charge in [0.2, 0.25) is 0 Å². The molecule has 1 aromatic heterocycles. The topological polar surface area (TPSA) is 110 Å². The number of methoxy groups -OCH3 is 3. The number of nitrogens with zero attached hydrogens (tertiary/aromatic N) is 2. The standard InChI is InChI=1S/C26H25N3O7/c1-28-18-13-17(27-24(30)23-20(34-4)7-6-8-21(23)35-5)22(14-19(18)29(2)26(32)25(28)31)36-16-11-9-15(33-3)10-12-16/h6-14H,1-5H3,(H,27,30). The smallest absolute Gasteiger partial charge is 0.316 e. The molecule has 10 heteroatoms. The van der Waals surface area contributed by atoms with Crippen molar-refractivity contribution < 1.29 is 23.7 Å². The molecule has 36 heavy (non-hydrogen) atoms. The van der Waals surface area contributed by atoms with E-state index in [9.17, 15) is 14.4 Å². The number of amides is 1. The van der Waals surface area contributed by atoms with Gasteiger partial charge < -0.3 is 33.4 Å². The van der Waals surface area contributed by atoms with Gasteiger partial charge in [0.25, 0.3) is 5.91 Å². The van der Waals surface area contributed by atoms with E-state index in [1.54, 1.807) is 61.7 Å². The molecule has 0 aliphatic rings. The van der Waals surface area contributed by atoms with Gasteiger partial charge in [0.05, 0.1) is 38.1 Å². The molecule has 186 valence electrons. The molecular formula is C26H25N3O7. The molecule has 0 aliphatic carbocycles. The van der Waals surface area contributed by atoms with Gasteiger partial charge in [-0.05, 0) is 42.5 Å². The molecule has 0 fully saturated rings. The van der Waals surface area contributed by atoms with Crippen molar-refractivity contribution in [2.45, 2.75) is 0 Å². The Morgan fingerprint density at radius 2 is 1.25 bits per heavy atom. The normalized spacial score (nSPS) is 10.7. The Kier molecular flexibility index (Phi) is 6.69. The van der Waals surface area contributed by atoms with Crippen LogP contribution in [0.2, 0.25) is 0 Å². The number of aryl methyl sites for hydroxylation is 2. The van der Waals surface area contributed by atoms with Gasteiger partial charge in [-0.3, -0.25) is 14.4 Å². The van der Waals surface area contributed by atoms with Crippen LogP contribution in [0.5, 0.6) is 28.7 Å². The zero-order valence-corrected chi connectivity index (χ0v) is 20.4. The van der Waals surface area contributed by atoms with Crippen LogP contribution in [0.1, 0.15) is 10.4 Å². The minimum Gasteiger partial charge on any atom is -0.497 e. The average molecular weight is 492 g/mol. The van der Waals surface area contributed by atoms with Gasteiger partial charge in [-0.25, -0.2) is 0 Å². The SMILES string of the molecule is COc1ccc(Oc2cc3c(cc2NC(=O)c2c(OC)cccc2OC)n(C)c(=O)c(=O)n3C)cc1. The number of anilines is 1. The largest absolute Gasteiger partial charge is 0.497 e. The maximum Gasteiger partial charge on any atom is 0.316 e. The molecule has 10 nitrogen and oxygen atoms in total. The molecule has 0 unspecified atom stereocenters. The number of benzene rings is 3. The van der Waals surface area contributed by atoms with E-state index in [-0.39, 0.29) is 17.0 Å². The van der Waals surface area contributed by atoms with Crippen molar-refractivity contribution in [1.29, 1.82) is 0 Å². The average Bonchev–Trinajstić information content (AvgIpc) is 2.91. The third-order valence-corrected chi connectivity index (χ3v) is 5.78. The second-order valence-corrected chi connectivity index (χ2v) is 7.83. The highest BCUT2D eigenvalue weighted by molar-refractivity contribution is 6.09. The molecule has 3 aromatic carbocycles. The lowest BCUT2D eigenvalue weighted by Crippen LogP contribution is -2.39. The van der Waals surface area contributed by atoms with Crippen LogP contribution in [0, 0.1) is 0 Å². The zero-order chi connectivity index (χ0) is 26.0. The van der Waals surface area contributed by atoms with Gasteiger partial charge in [-0.2, -0.15) is 0 Å². The van der Waals surface area contributed by atoms with E-state index < -0.39 is 17.0 Å². The Hall–Kier alpha value is -4.73. The lowest BCUT2D eigenvalue weighted by molar-refractivity contribution is 0.102. The van der Waals surface area contributed by atoms with Gasteiger partial charge in [0.1, 0.15) is 28.6 Å². The Morgan fingerprint density at radius 3 is 1.78 bits per heavy atom. The van der Waals surface area contributed by atoms with Gasteiger partial charge >= 0.3 is 11.1 Å². The highest BCUT2D eigenvalue weighted by atomic mass is 16.5. The summed E-state index contributed by atoms with van der Waals surface area (Å²) in [5.74, 6) is 1.49. The van der Waals surface area contributed by atoms with E-state index in [1.165, 1.54) is 37.4 Å². The summed E-state index contributed by atoms with van der Waals surface area (Å²) in [6.07, 6.45) is 0. The van der Waals surface area contributed by atoms with Crippen LogP contribution in [-0.2, 0) is 14.1 Å². The van der Waals surface area contributed by atoms with Crippen molar-refractivity contribution in [3.8, 4) is 28.7 Å². The minimum atomic E-state index is -0.697. The summed E-state index contributed by atoms with van der Waals surface area (Å²) in [4.78, 5) is 38.2. The number of ether oxygens (including phenoxy) is 4. The van der Waals surface area contributed by atoms with Crippen molar-refractivity contribution in [2.75, 3.05) is 26.6 Å². The van der Waals surface area contributed by atoms with Gasteiger partial charge in [0.15, 0.2) is 5.75 Å². The van der Waals surface area contributed by atoms with E-state index in [4.69, 9.17) is 18.9 Å².